The molecule has 0 radical (unpaired) electrons. The third-order valence-corrected chi connectivity index (χ3v) is 4.66. The Labute approximate surface area is 137 Å². The predicted octanol–water partition coefficient (Wildman–Crippen LogP) is 4.69. The summed E-state index contributed by atoms with van der Waals surface area (Å²) in [5, 5.41) is 3.44. The number of ether oxygens (including phenoxy) is 1. The van der Waals surface area contributed by atoms with Crippen LogP contribution in [0.2, 0.25) is 0 Å². The van der Waals surface area contributed by atoms with Gasteiger partial charge in [0.15, 0.2) is 0 Å². The van der Waals surface area contributed by atoms with E-state index in [2.05, 4.69) is 46.1 Å². The third kappa shape index (κ3) is 5.26. The van der Waals surface area contributed by atoms with Crippen molar-refractivity contribution in [2.75, 3.05) is 6.54 Å². The molecule has 2 unspecified atom stereocenters. The fourth-order valence-electron chi connectivity index (χ4n) is 2.98. The van der Waals surface area contributed by atoms with Gasteiger partial charge in [0.1, 0.15) is 6.10 Å². The molecule has 1 aromatic rings. The van der Waals surface area contributed by atoms with Gasteiger partial charge >= 0.3 is 0 Å². The number of hydrogen-bond donors (Lipinski definition) is 1. The summed E-state index contributed by atoms with van der Waals surface area (Å²) < 4.78 is 7.24. The van der Waals surface area contributed by atoms with Gasteiger partial charge in [-0.1, -0.05) is 26.7 Å². The molecule has 118 valence electrons. The molecule has 1 N–H and O–H groups in total. The van der Waals surface area contributed by atoms with Gasteiger partial charge in [-0.2, -0.15) is 0 Å². The Bertz CT molecular complexity index is 439. The lowest BCUT2D eigenvalue weighted by atomic mass is 9.85. The van der Waals surface area contributed by atoms with Gasteiger partial charge in [0.2, 0.25) is 5.88 Å². The fraction of sp³-hybridized carbons (Fsp3) is 0.706. The Kier molecular flexibility index (Phi) is 6.97. The molecule has 0 aliphatic heterocycles. The summed E-state index contributed by atoms with van der Waals surface area (Å²) in [6.07, 6.45) is 9.54. The number of rotatable bonds is 7. The molecule has 1 saturated carbocycles. The number of nitrogens with one attached hydrogen (secondary N) is 1. The van der Waals surface area contributed by atoms with Gasteiger partial charge in [0.25, 0.3) is 0 Å². The third-order valence-electron chi connectivity index (χ3n) is 4.22. The minimum absolute atomic E-state index is 0.335. The van der Waals surface area contributed by atoms with Crippen molar-refractivity contribution in [1.29, 1.82) is 0 Å². The van der Waals surface area contributed by atoms with E-state index in [0.29, 0.717) is 6.10 Å². The van der Waals surface area contributed by atoms with E-state index < -0.39 is 0 Å². The first-order valence-corrected chi connectivity index (χ1v) is 9.04. The quantitative estimate of drug-likeness (QED) is 0.721. The summed E-state index contributed by atoms with van der Waals surface area (Å²) in [6, 6.07) is 2.12. The van der Waals surface area contributed by atoms with Crippen LogP contribution in [0.1, 0.15) is 57.9 Å². The van der Waals surface area contributed by atoms with Crippen LogP contribution in [0.4, 0.5) is 0 Å². The van der Waals surface area contributed by atoms with Gasteiger partial charge < -0.3 is 10.1 Å². The van der Waals surface area contributed by atoms with E-state index in [1.165, 1.54) is 25.7 Å². The van der Waals surface area contributed by atoms with Crippen molar-refractivity contribution in [3.8, 4) is 5.88 Å². The molecule has 3 nitrogen and oxygen atoms in total. The number of pyridine rings is 1. The van der Waals surface area contributed by atoms with Crippen LogP contribution in [0.5, 0.6) is 5.88 Å². The first kappa shape index (κ1) is 16.8. The van der Waals surface area contributed by atoms with Crippen LogP contribution in [0.15, 0.2) is 16.7 Å². The molecule has 2 rings (SSSR count). The summed E-state index contributed by atoms with van der Waals surface area (Å²) in [6.45, 7) is 6.30. The maximum atomic E-state index is 6.23. The molecular weight excluding hydrogens is 328 g/mol. The van der Waals surface area contributed by atoms with Crippen LogP contribution in [0.25, 0.3) is 0 Å². The van der Waals surface area contributed by atoms with Crippen LogP contribution < -0.4 is 10.1 Å². The second-order valence-electron chi connectivity index (χ2n) is 5.98. The SMILES string of the molecule is CCCNCc1cc(Br)cnc1OC1CCCC(CC)C1. The summed E-state index contributed by atoms with van der Waals surface area (Å²) >= 11 is 3.51. The lowest BCUT2D eigenvalue weighted by Gasteiger charge is -2.29. The summed E-state index contributed by atoms with van der Waals surface area (Å²) in [5.74, 6) is 1.63. The van der Waals surface area contributed by atoms with Gasteiger partial charge in [-0.15, -0.1) is 0 Å². The highest BCUT2D eigenvalue weighted by Crippen LogP contribution is 2.30. The van der Waals surface area contributed by atoms with E-state index in [1.807, 2.05) is 6.20 Å². The molecule has 0 spiro atoms. The number of aromatic nitrogens is 1. The van der Waals surface area contributed by atoms with Gasteiger partial charge in [-0.05, 0) is 60.1 Å². The monoisotopic (exact) mass is 354 g/mol. The summed E-state index contributed by atoms with van der Waals surface area (Å²) in [5.41, 5.74) is 1.15. The fourth-order valence-corrected chi connectivity index (χ4v) is 3.36. The highest BCUT2D eigenvalue weighted by Gasteiger charge is 2.23. The molecule has 1 aliphatic rings. The van der Waals surface area contributed by atoms with Gasteiger partial charge in [-0.3, -0.25) is 0 Å². The number of hydrogen-bond acceptors (Lipinski definition) is 3. The zero-order valence-corrected chi connectivity index (χ0v) is 14.8. The highest BCUT2D eigenvalue weighted by molar-refractivity contribution is 9.10. The molecule has 2 atom stereocenters. The van der Waals surface area contributed by atoms with Crippen molar-refractivity contribution in [3.05, 3.63) is 22.3 Å². The van der Waals surface area contributed by atoms with Crippen LogP contribution in [0.3, 0.4) is 0 Å². The smallest absolute Gasteiger partial charge is 0.218 e. The van der Waals surface area contributed by atoms with E-state index in [-0.39, 0.29) is 0 Å². The van der Waals surface area contributed by atoms with Gasteiger partial charge in [0.05, 0.1) is 0 Å². The molecule has 1 fully saturated rings. The van der Waals surface area contributed by atoms with Crippen molar-refractivity contribution < 1.29 is 4.74 Å². The first-order valence-electron chi connectivity index (χ1n) is 8.24. The minimum atomic E-state index is 0.335. The molecule has 21 heavy (non-hydrogen) atoms. The largest absolute Gasteiger partial charge is 0.474 e. The van der Waals surface area contributed by atoms with Gasteiger partial charge in [-0.25, -0.2) is 4.98 Å². The molecule has 1 aromatic heterocycles. The lowest BCUT2D eigenvalue weighted by molar-refractivity contribution is 0.115. The molecular formula is C17H27BrN2O. The van der Waals surface area contributed by atoms with E-state index in [4.69, 9.17) is 4.74 Å². The van der Waals surface area contributed by atoms with E-state index >= 15 is 0 Å². The Morgan fingerprint density at radius 3 is 3.00 bits per heavy atom. The first-order chi connectivity index (χ1) is 10.2. The minimum Gasteiger partial charge on any atom is -0.474 e. The molecule has 0 aromatic carbocycles. The molecule has 1 heterocycles. The van der Waals surface area contributed by atoms with E-state index in [9.17, 15) is 0 Å². The number of nitrogens with zero attached hydrogens (tertiary/aromatic N) is 1. The Balaban J connectivity index is 2.00. The second kappa shape index (κ2) is 8.74. The maximum Gasteiger partial charge on any atom is 0.218 e. The summed E-state index contributed by atoms with van der Waals surface area (Å²) in [7, 11) is 0. The zero-order chi connectivity index (χ0) is 15.1. The summed E-state index contributed by atoms with van der Waals surface area (Å²) in [4.78, 5) is 4.49. The van der Waals surface area contributed by atoms with Gasteiger partial charge in [0, 0.05) is 22.8 Å². The van der Waals surface area contributed by atoms with Crippen molar-refractivity contribution in [2.24, 2.45) is 5.92 Å². The topological polar surface area (TPSA) is 34.2 Å². The zero-order valence-electron chi connectivity index (χ0n) is 13.2. The highest BCUT2D eigenvalue weighted by atomic mass is 79.9. The van der Waals surface area contributed by atoms with Crippen LogP contribution in [0, 0.1) is 5.92 Å². The molecule has 0 amide bonds. The van der Waals surface area contributed by atoms with E-state index in [0.717, 1.165) is 47.8 Å². The molecule has 0 saturated heterocycles. The van der Waals surface area contributed by atoms with Crippen molar-refractivity contribution in [2.45, 2.75) is 65.0 Å². The molecule has 0 bridgehead atoms. The Hall–Kier alpha value is -0.610. The standard InChI is InChI=1S/C17H27BrN2O/c1-3-8-19-11-14-10-15(18)12-20-17(14)21-16-7-5-6-13(4-2)9-16/h10,12-13,16,19H,3-9,11H2,1-2H3. The predicted molar refractivity (Wildman–Crippen MR) is 90.6 cm³/mol. The lowest BCUT2D eigenvalue weighted by Crippen LogP contribution is -2.26. The average Bonchev–Trinajstić information content (AvgIpc) is 2.50. The molecule has 1 aliphatic carbocycles. The van der Waals surface area contributed by atoms with E-state index in [1.54, 1.807) is 0 Å². The van der Waals surface area contributed by atoms with Crippen molar-refractivity contribution in [1.82, 2.24) is 10.3 Å². The number of halogens is 1. The average molecular weight is 355 g/mol. The molecule has 4 heteroatoms. The van der Waals surface area contributed by atoms with Crippen molar-refractivity contribution in [3.63, 3.8) is 0 Å². The van der Waals surface area contributed by atoms with Crippen LogP contribution in [-0.4, -0.2) is 17.6 Å². The van der Waals surface area contributed by atoms with Crippen molar-refractivity contribution >= 4 is 15.9 Å². The Morgan fingerprint density at radius 2 is 2.24 bits per heavy atom. The normalized spacial score (nSPS) is 22.2. The van der Waals surface area contributed by atoms with Crippen LogP contribution in [-0.2, 0) is 6.54 Å². The van der Waals surface area contributed by atoms with Crippen LogP contribution >= 0.6 is 15.9 Å². The second-order valence-corrected chi connectivity index (χ2v) is 6.89. The Morgan fingerprint density at radius 1 is 1.38 bits per heavy atom. The maximum absolute atomic E-state index is 6.23.